The van der Waals surface area contributed by atoms with Crippen LogP contribution in [-0.2, 0) is 0 Å². The lowest BCUT2D eigenvalue weighted by Gasteiger charge is -2.09. The van der Waals surface area contributed by atoms with Crippen LogP contribution in [0.3, 0.4) is 0 Å². The molecule has 0 atom stereocenters. The average molecular weight is 375 g/mol. The molecule has 0 fully saturated rings. The fraction of sp³-hybridized carbons (Fsp3) is 0.136. The van der Waals surface area contributed by atoms with Crippen LogP contribution in [0.1, 0.15) is 32.0 Å². The van der Waals surface area contributed by atoms with Crippen LogP contribution in [-0.4, -0.2) is 23.9 Å². The van der Waals surface area contributed by atoms with Crippen molar-refractivity contribution in [2.45, 2.75) is 13.8 Å². The van der Waals surface area contributed by atoms with Gasteiger partial charge in [-0.15, -0.1) is 0 Å². The van der Waals surface area contributed by atoms with Crippen molar-refractivity contribution >= 4 is 23.2 Å². The first kappa shape index (κ1) is 19.1. The molecule has 0 aliphatic rings. The Morgan fingerprint density at radius 3 is 2.11 bits per heavy atom. The fourth-order valence-corrected chi connectivity index (χ4v) is 2.82. The SMILES string of the molecule is COc1ccc(NC(=O)c2cc(C(=O)Nc3cc(C)cc(C)c3)ccn2)cc1. The highest BCUT2D eigenvalue weighted by atomic mass is 16.5. The number of nitrogens with one attached hydrogen (secondary N) is 2. The largest absolute Gasteiger partial charge is 0.497 e. The van der Waals surface area contributed by atoms with E-state index in [4.69, 9.17) is 4.74 Å². The highest BCUT2D eigenvalue weighted by Crippen LogP contribution is 2.17. The molecule has 0 unspecified atom stereocenters. The summed E-state index contributed by atoms with van der Waals surface area (Å²) in [5.74, 6) is -0.00158. The Bertz CT molecular complexity index is 994. The molecule has 6 heteroatoms. The van der Waals surface area contributed by atoms with Gasteiger partial charge in [-0.05, 0) is 73.5 Å². The van der Waals surface area contributed by atoms with Crippen LogP contribution in [0.5, 0.6) is 5.75 Å². The molecule has 0 spiro atoms. The maximum Gasteiger partial charge on any atom is 0.274 e. The second kappa shape index (κ2) is 8.35. The van der Waals surface area contributed by atoms with Crippen LogP contribution in [0.2, 0.25) is 0 Å². The summed E-state index contributed by atoms with van der Waals surface area (Å²) >= 11 is 0. The van der Waals surface area contributed by atoms with E-state index >= 15 is 0 Å². The van der Waals surface area contributed by atoms with Crippen LogP contribution < -0.4 is 15.4 Å². The molecule has 0 aliphatic carbocycles. The maximum absolute atomic E-state index is 12.6. The smallest absolute Gasteiger partial charge is 0.274 e. The molecule has 28 heavy (non-hydrogen) atoms. The summed E-state index contributed by atoms with van der Waals surface area (Å²) in [6, 6.07) is 15.8. The zero-order valence-corrected chi connectivity index (χ0v) is 15.9. The van der Waals surface area contributed by atoms with E-state index < -0.39 is 5.91 Å². The maximum atomic E-state index is 12.6. The Morgan fingerprint density at radius 2 is 1.46 bits per heavy atom. The van der Waals surface area contributed by atoms with Crippen molar-refractivity contribution in [3.63, 3.8) is 0 Å². The van der Waals surface area contributed by atoms with E-state index in [9.17, 15) is 9.59 Å². The highest BCUT2D eigenvalue weighted by Gasteiger charge is 2.13. The number of carbonyl (C=O) groups is 2. The van der Waals surface area contributed by atoms with Gasteiger partial charge < -0.3 is 15.4 Å². The average Bonchev–Trinajstić information content (AvgIpc) is 2.68. The minimum Gasteiger partial charge on any atom is -0.497 e. The summed E-state index contributed by atoms with van der Waals surface area (Å²) in [6.07, 6.45) is 1.44. The van der Waals surface area contributed by atoms with E-state index in [1.54, 1.807) is 37.4 Å². The third-order valence-corrected chi connectivity index (χ3v) is 4.08. The topological polar surface area (TPSA) is 80.3 Å². The number of benzene rings is 2. The molecule has 2 N–H and O–H groups in total. The number of pyridine rings is 1. The lowest BCUT2D eigenvalue weighted by molar-refractivity contribution is 0.102. The number of anilines is 2. The Hall–Kier alpha value is -3.67. The molecule has 3 rings (SSSR count). The quantitative estimate of drug-likeness (QED) is 0.700. The molecule has 1 heterocycles. The number of hydrogen-bond donors (Lipinski definition) is 2. The van der Waals surface area contributed by atoms with E-state index in [2.05, 4.69) is 15.6 Å². The molecule has 0 radical (unpaired) electrons. The molecule has 142 valence electrons. The second-order valence-electron chi connectivity index (χ2n) is 6.44. The zero-order valence-electron chi connectivity index (χ0n) is 15.9. The van der Waals surface area contributed by atoms with Crippen LogP contribution >= 0.6 is 0 Å². The van der Waals surface area contributed by atoms with Crippen molar-refractivity contribution in [1.82, 2.24) is 4.98 Å². The van der Waals surface area contributed by atoms with Gasteiger partial charge in [0.05, 0.1) is 7.11 Å². The summed E-state index contributed by atoms with van der Waals surface area (Å²) in [5.41, 5.74) is 3.95. The van der Waals surface area contributed by atoms with E-state index in [-0.39, 0.29) is 11.6 Å². The molecular formula is C22H21N3O3. The summed E-state index contributed by atoms with van der Waals surface area (Å²) in [7, 11) is 1.58. The summed E-state index contributed by atoms with van der Waals surface area (Å²) in [5, 5.41) is 5.61. The normalized spacial score (nSPS) is 10.2. The zero-order chi connectivity index (χ0) is 20.1. The van der Waals surface area contributed by atoms with Crippen molar-refractivity contribution in [2.24, 2.45) is 0 Å². The van der Waals surface area contributed by atoms with Gasteiger partial charge in [0.25, 0.3) is 11.8 Å². The predicted octanol–water partition coefficient (Wildman–Crippen LogP) is 4.21. The number of ether oxygens (including phenoxy) is 1. The number of carbonyl (C=O) groups excluding carboxylic acids is 2. The first-order valence-electron chi connectivity index (χ1n) is 8.76. The fourth-order valence-electron chi connectivity index (χ4n) is 2.82. The van der Waals surface area contributed by atoms with E-state index in [1.807, 2.05) is 32.0 Å². The van der Waals surface area contributed by atoms with Gasteiger partial charge in [-0.3, -0.25) is 14.6 Å². The van der Waals surface area contributed by atoms with Gasteiger partial charge in [-0.2, -0.15) is 0 Å². The molecular weight excluding hydrogens is 354 g/mol. The first-order valence-corrected chi connectivity index (χ1v) is 8.76. The van der Waals surface area contributed by atoms with Gasteiger partial charge in [0.2, 0.25) is 0 Å². The molecule has 3 aromatic rings. The standard InChI is InChI=1S/C22H21N3O3/c1-14-10-15(2)12-18(11-14)25-21(26)16-8-9-23-20(13-16)22(27)24-17-4-6-19(28-3)7-5-17/h4-13H,1-3H3,(H,24,27)(H,25,26). The van der Waals surface area contributed by atoms with Crippen molar-refractivity contribution in [1.29, 1.82) is 0 Å². The van der Waals surface area contributed by atoms with Gasteiger partial charge in [-0.25, -0.2) is 0 Å². The van der Waals surface area contributed by atoms with Crippen LogP contribution in [0.15, 0.2) is 60.8 Å². The number of rotatable bonds is 5. The Morgan fingerprint density at radius 1 is 0.821 bits per heavy atom. The molecule has 2 amide bonds. The second-order valence-corrected chi connectivity index (χ2v) is 6.44. The van der Waals surface area contributed by atoms with Gasteiger partial charge >= 0.3 is 0 Å². The molecule has 0 saturated carbocycles. The predicted molar refractivity (Wildman–Crippen MR) is 109 cm³/mol. The Labute approximate surface area is 163 Å². The molecule has 6 nitrogen and oxygen atoms in total. The molecule has 0 saturated heterocycles. The lowest BCUT2D eigenvalue weighted by Crippen LogP contribution is -2.17. The number of nitrogens with zero attached hydrogens (tertiary/aromatic N) is 1. The third-order valence-electron chi connectivity index (χ3n) is 4.08. The number of aromatic nitrogens is 1. The molecule has 0 aliphatic heterocycles. The van der Waals surface area contributed by atoms with Crippen LogP contribution in [0.25, 0.3) is 0 Å². The van der Waals surface area contributed by atoms with E-state index in [0.717, 1.165) is 11.1 Å². The molecule has 1 aromatic heterocycles. The van der Waals surface area contributed by atoms with Crippen molar-refractivity contribution in [3.05, 3.63) is 83.2 Å². The van der Waals surface area contributed by atoms with Gasteiger partial charge in [0.1, 0.15) is 11.4 Å². The monoisotopic (exact) mass is 375 g/mol. The van der Waals surface area contributed by atoms with Gasteiger partial charge in [0.15, 0.2) is 0 Å². The third kappa shape index (κ3) is 4.73. The summed E-state index contributed by atoms with van der Waals surface area (Å²) in [6.45, 7) is 3.94. The van der Waals surface area contributed by atoms with Gasteiger partial charge in [0, 0.05) is 23.1 Å². The number of aryl methyl sites for hydroxylation is 2. The number of hydrogen-bond acceptors (Lipinski definition) is 4. The van der Waals surface area contributed by atoms with Crippen LogP contribution in [0.4, 0.5) is 11.4 Å². The van der Waals surface area contributed by atoms with Crippen molar-refractivity contribution in [3.8, 4) is 5.75 Å². The van der Waals surface area contributed by atoms with Crippen molar-refractivity contribution in [2.75, 3.05) is 17.7 Å². The Kier molecular flexibility index (Phi) is 5.69. The molecule has 0 bridgehead atoms. The number of amides is 2. The lowest BCUT2D eigenvalue weighted by atomic mass is 10.1. The van der Waals surface area contributed by atoms with E-state index in [0.29, 0.717) is 22.7 Å². The Balaban J connectivity index is 1.73. The van der Waals surface area contributed by atoms with Crippen LogP contribution in [0, 0.1) is 13.8 Å². The minimum absolute atomic E-state index is 0.156. The van der Waals surface area contributed by atoms with E-state index in [1.165, 1.54) is 12.3 Å². The van der Waals surface area contributed by atoms with Crippen molar-refractivity contribution < 1.29 is 14.3 Å². The first-order chi connectivity index (χ1) is 13.4. The number of methoxy groups -OCH3 is 1. The van der Waals surface area contributed by atoms with Gasteiger partial charge in [-0.1, -0.05) is 6.07 Å². The minimum atomic E-state index is -0.397. The summed E-state index contributed by atoms with van der Waals surface area (Å²) in [4.78, 5) is 29.1. The summed E-state index contributed by atoms with van der Waals surface area (Å²) < 4.78 is 5.09. The highest BCUT2D eigenvalue weighted by molar-refractivity contribution is 6.07. The molecule has 2 aromatic carbocycles.